The number of hydrogen-bond acceptors (Lipinski definition) is 3. The SMILES string of the molecule is CCCCCCCCc1nc2ccccc2c(=O)o1. The zero-order valence-electron chi connectivity index (χ0n) is 11.5. The van der Waals surface area contributed by atoms with Gasteiger partial charge >= 0.3 is 5.63 Å². The molecule has 0 radical (unpaired) electrons. The molecule has 19 heavy (non-hydrogen) atoms. The molecule has 2 aromatic rings. The average molecular weight is 259 g/mol. The molecule has 0 bridgehead atoms. The van der Waals surface area contributed by atoms with Gasteiger partial charge in [0.2, 0.25) is 0 Å². The van der Waals surface area contributed by atoms with E-state index in [1.165, 1.54) is 32.1 Å². The summed E-state index contributed by atoms with van der Waals surface area (Å²) in [5.74, 6) is 0.569. The van der Waals surface area contributed by atoms with Gasteiger partial charge in [-0.2, -0.15) is 0 Å². The van der Waals surface area contributed by atoms with Crippen LogP contribution in [0.1, 0.15) is 51.3 Å². The third-order valence-electron chi connectivity index (χ3n) is 3.32. The molecule has 0 atom stereocenters. The maximum absolute atomic E-state index is 11.8. The molecule has 0 spiro atoms. The lowest BCUT2D eigenvalue weighted by atomic mass is 10.1. The predicted octanol–water partition coefficient (Wildman–Crippen LogP) is 4.09. The summed E-state index contributed by atoms with van der Waals surface area (Å²) in [4.78, 5) is 16.2. The van der Waals surface area contributed by atoms with Gasteiger partial charge in [0, 0.05) is 6.42 Å². The fourth-order valence-electron chi connectivity index (χ4n) is 2.23. The Morgan fingerprint density at radius 2 is 1.79 bits per heavy atom. The molecule has 1 aromatic heterocycles. The lowest BCUT2D eigenvalue weighted by molar-refractivity contribution is 0.433. The number of rotatable bonds is 7. The second-order valence-electron chi connectivity index (χ2n) is 4.93. The summed E-state index contributed by atoms with van der Waals surface area (Å²) in [6.45, 7) is 2.22. The largest absolute Gasteiger partial charge is 0.408 e. The van der Waals surface area contributed by atoms with Gasteiger partial charge in [0.1, 0.15) is 0 Å². The van der Waals surface area contributed by atoms with Crippen molar-refractivity contribution in [3.05, 3.63) is 40.6 Å². The number of para-hydroxylation sites is 1. The van der Waals surface area contributed by atoms with Crippen molar-refractivity contribution >= 4 is 10.9 Å². The third-order valence-corrected chi connectivity index (χ3v) is 3.32. The van der Waals surface area contributed by atoms with Gasteiger partial charge in [0.05, 0.1) is 10.9 Å². The van der Waals surface area contributed by atoms with E-state index in [4.69, 9.17) is 4.42 Å². The molecule has 3 heteroatoms. The summed E-state index contributed by atoms with van der Waals surface area (Å²) in [6.07, 6.45) is 8.10. The van der Waals surface area contributed by atoms with Gasteiger partial charge in [-0.1, -0.05) is 51.2 Å². The van der Waals surface area contributed by atoms with Gasteiger partial charge in [-0.15, -0.1) is 0 Å². The second kappa shape index (κ2) is 7.07. The van der Waals surface area contributed by atoms with Crippen molar-refractivity contribution in [2.75, 3.05) is 0 Å². The molecule has 0 saturated heterocycles. The number of hydrogen-bond donors (Lipinski definition) is 0. The minimum absolute atomic E-state index is 0.272. The van der Waals surface area contributed by atoms with Gasteiger partial charge in [-0.05, 0) is 18.6 Å². The molecule has 0 fully saturated rings. The molecule has 102 valence electrons. The highest BCUT2D eigenvalue weighted by Gasteiger charge is 2.05. The van der Waals surface area contributed by atoms with Crippen molar-refractivity contribution in [1.29, 1.82) is 0 Å². The first-order valence-corrected chi connectivity index (χ1v) is 7.20. The lowest BCUT2D eigenvalue weighted by Crippen LogP contribution is -2.05. The van der Waals surface area contributed by atoms with Crippen molar-refractivity contribution in [3.8, 4) is 0 Å². The minimum Gasteiger partial charge on any atom is -0.408 e. The monoisotopic (exact) mass is 259 g/mol. The van der Waals surface area contributed by atoms with Gasteiger partial charge < -0.3 is 4.42 Å². The molecule has 2 rings (SSSR count). The first-order valence-electron chi connectivity index (χ1n) is 7.20. The van der Waals surface area contributed by atoms with Crippen LogP contribution >= 0.6 is 0 Å². The fraction of sp³-hybridized carbons (Fsp3) is 0.500. The maximum atomic E-state index is 11.8. The van der Waals surface area contributed by atoms with E-state index >= 15 is 0 Å². The average Bonchev–Trinajstić information content (AvgIpc) is 2.43. The molecule has 0 unspecified atom stereocenters. The zero-order chi connectivity index (χ0) is 13.5. The highest BCUT2D eigenvalue weighted by Crippen LogP contribution is 2.11. The van der Waals surface area contributed by atoms with Crippen LogP contribution in [0.2, 0.25) is 0 Å². The Bertz CT molecular complexity index is 574. The molecule has 0 saturated carbocycles. The maximum Gasteiger partial charge on any atom is 0.346 e. The van der Waals surface area contributed by atoms with E-state index in [0.29, 0.717) is 11.3 Å². The van der Waals surface area contributed by atoms with Gasteiger partial charge in [0.15, 0.2) is 5.89 Å². The minimum atomic E-state index is -0.272. The summed E-state index contributed by atoms with van der Waals surface area (Å²) in [6, 6.07) is 7.33. The fourth-order valence-corrected chi connectivity index (χ4v) is 2.23. The Hall–Kier alpha value is -1.64. The number of aromatic nitrogens is 1. The van der Waals surface area contributed by atoms with E-state index < -0.39 is 0 Å². The van der Waals surface area contributed by atoms with Gasteiger partial charge in [0.25, 0.3) is 0 Å². The van der Waals surface area contributed by atoms with E-state index in [1.54, 1.807) is 6.07 Å². The van der Waals surface area contributed by atoms with E-state index in [1.807, 2.05) is 18.2 Å². The number of unbranched alkanes of at least 4 members (excludes halogenated alkanes) is 5. The number of nitrogens with zero attached hydrogens (tertiary/aromatic N) is 1. The van der Waals surface area contributed by atoms with Gasteiger partial charge in [-0.25, -0.2) is 9.78 Å². The first-order chi connectivity index (χ1) is 9.31. The van der Waals surface area contributed by atoms with E-state index in [2.05, 4.69) is 11.9 Å². The van der Waals surface area contributed by atoms with Crippen LogP contribution in [0.4, 0.5) is 0 Å². The topological polar surface area (TPSA) is 43.1 Å². The van der Waals surface area contributed by atoms with Crippen LogP contribution in [0.25, 0.3) is 10.9 Å². The van der Waals surface area contributed by atoms with Crippen LogP contribution in [0, 0.1) is 0 Å². The molecule has 1 aromatic carbocycles. The van der Waals surface area contributed by atoms with E-state index in [-0.39, 0.29) is 5.63 Å². The van der Waals surface area contributed by atoms with Crippen molar-refractivity contribution in [2.24, 2.45) is 0 Å². The number of benzene rings is 1. The highest BCUT2D eigenvalue weighted by atomic mass is 16.4. The molecule has 1 heterocycles. The predicted molar refractivity (Wildman–Crippen MR) is 77.4 cm³/mol. The van der Waals surface area contributed by atoms with Crippen molar-refractivity contribution in [1.82, 2.24) is 4.98 Å². The van der Waals surface area contributed by atoms with Crippen LogP contribution in [0.15, 0.2) is 33.5 Å². The number of aryl methyl sites for hydroxylation is 1. The van der Waals surface area contributed by atoms with Crippen LogP contribution in [0.5, 0.6) is 0 Å². The smallest absolute Gasteiger partial charge is 0.346 e. The van der Waals surface area contributed by atoms with Crippen LogP contribution in [-0.2, 0) is 6.42 Å². The van der Waals surface area contributed by atoms with Crippen molar-refractivity contribution in [3.63, 3.8) is 0 Å². The van der Waals surface area contributed by atoms with Crippen molar-refractivity contribution < 1.29 is 4.42 Å². The lowest BCUT2D eigenvalue weighted by Gasteiger charge is -2.02. The van der Waals surface area contributed by atoms with Crippen LogP contribution in [0.3, 0.4) is 0 Å². The summed E-state index contributed by atoms with van der Waals surface area (Å²) in [5.41, 5.74) is 0.464. The summed E-state index contributed by atoms with van der Waals surface area (Å²) >= 11 is 0. The first kappa shape index (κ1) is 13.8. The molecule has 3 nitrogen and oxygen atoms in total. The number of fused-ring (bicyclic) bond motifs is 1. The molecule has 0 aliphatic heterocycles. The molecule has 0 amide bonds. The molecule has 0 aliphatic rings. The molecular formula is C16H21NO2. The van der Waals surface area contributed by atoms with Crippen LogP contribution < -0.4 is 5.63 Å². The Morgan fingerprint density at radius 3 is 2.63 bits per heavy atom. The highest BCUT2D eigenvalue weighted by molar-refractivity contribution is 5.76. The standard InChI is InChI=1S/C16H21NO2/c1-2-3-4-5-6-7-12-15-17-14-11-9-8-10-13(14)16(18)19-15/h8-11H,2-7,12H2,1H3. The quantitative estimate of drug-likeness (QED) is 0.703. The zero-order valence-corrected chi connectivity index (χ0v) is 11.5. The van der Waals surface area contributed by atoms with Crippen LogP contribution in [-0.4, -0.2) is 4.98 Å². The molecule has 0 aliphatic carbocycles. The van der Waals surface area contributed by atoms with E-state index in [9.17, 15) is 4.79 Å². The molecular weight excluding hydrogens is 238 g/mol. The summed E-state index contributed by atoms with van der Waals surface area (Å²) in [5, 5.41) is 0.564. The third kappa shape index (κ3) is 3.91. The normalized spacial score (nSPS) is 11.0. The summed E-state index contributed by atoms with van der Waals surface area (Å²) < 4.78 is 5.25. The summed E-state index contributed by atoms with van der Waals surface area (Å²) in [7, 11) is 0. The van der Waals surface area contributed by atoms with Gasteiger partial charge in [-0.3, -0.25) is 0 Å². The Kier molecular flexibility index (Phi) is 5.13. The second-order valence-corrected chi connectivity index (χ2v) is 4.93. The Morgan fingerprint density at radius 1 is 1.05 bits per heavy atom. The van der Waals surface area contributed by atoms with E-state index in [0.717, 1.165) is 18.4 Å². The molecule has 0 N–H and O–H groups in total. The Labute approximate surface area is 113 Å². The Balaban J connectivity index is 1.92. The van der Waals surface area contributed by atoms with Crippen molar-refractivity contribution in [2.45, 2.75) is 51.9 Å².